The van der Waals surface area contributed by atoms with Gasteiger partial charge in [0.1, 0.15) is 5.00 Å². The molecule has 1 aliphatic carbocycles. The number of nitrogens with one attached hydrogen (secondary N) is 2. The number of carbonyl (C=O) groups is 3. The summed E-state index contributed by atoms with van der Waals surface area (Å²) in [4.78, 5) is 37.3. The van der Waals surface area contributed by atoms with Crippen LogP contribution in [0.2, 0.25) is 0 Å². The first kappa shape index (κ1) is 20.9. The topological polar surface area (TPSA) is 93.7 Å². The van der Waals surface area contributed by atoms with Crippen molar-refractivity contribution in [3.05, 3.63) is 51.4 Å². The molecule has 0 bridgehead atoms. The van der Waals surface area contributed by atoms with Gasteiger partial charge in [0.15, 0.2) is 5.11 Å². The number of hydrogen-bond donors (Lipinski definition) is 2. The molecular weight excluding hydrogens is 412 g/mol. The summed E-state index contributed by atoms with van der Waals surface area (Å²) in [6, 6.07) is 6.02. The Morgan fingerprint density at radius 3 is 2.24 bits per heavy atom. The third kappa shape index (κ3) is 4.63. The summed E-state index contributed by atoms with van der Waals surface area (Å²) >= 11 is 6.72. The second kappa shape index (κ2) is 9.15. The van der Waals surface area contributed by atoms with Crippen molar-refractivity contribution in [2.75, 3.05) is 19.5 Å². The summed E-state index contributed by atoms with van der Waals surface area (Å²) in [7, 11) is 2.63. The van der Waals surface area contributed by atoms with Crippen molar-refractivity contribution in [2.45, 2.75) is 25.7 Å². The third-order valence-electron chi connectivity index (χ3n) is 4.58. The molecule has 0 saturated heterocycles. The van der Waals surface area contributed by atoms with Gasteiger partial charge in [0.2, 0.25) is 0 Å². The van der Waals surface area contributed by atoms with E-state index < -0.39 is 17.8 Å². The van der Waals surface area contributed by atoms with Crippen molar-refractivity contribution in [3.63, 3.8) is 0 Å². The minimum atomic E-state index is -0.480. The van der Waals surface area contributed by atoms with E-state index in [0.29, 0.717) is 21.7 Å². The maximum absolute atomic E-state index is 12.4. The van der Waals surface area contributed by atoms with Crippen LogP contribution in [0.3, 0.4) is 0 Å². The number of fused-ring (bicyclic) bond motifs is 1. The van der Waals surface area contributed by atoms with Crippen LogP contribution in [0.25, 0.3) is 0 Å². The Labute approximate surface area is 177 Å². The van der Waals surface area contributed by atoms with Gasteiger partial charge in [-0.1, -0.05) is 0 Å². The number of methoxy groups -OCH3 is 2. The van der Waals surface area contributed by atoms with Crippen LogP contribution in [0, 0.1) is 0 Å². The lowest BCUT2D eigenvalue weighted by Gasteiger charge is -2.12. The first-order valence-electron chi connectivity index (χ1n) is 8.98. The van der Waals surface area contributed by atoms with Gasteiger partial charge in [-0.3, -0.25) is 10.1 Å². The van der Waals surface area contributed by atoms with Crippen LogP contribution >= 0.6 is 23.6 Å². The molecule has 2 aromatic rings. The number of anilines is 1. The summed E-state index contributed by atoms with van der Waals surface area (Å²) < 4.78 is 9.57. The summed E-state index contributed by atoms with van der Waals surface area (Å²) in [6.07, 6.45) is 3.84. The van der Waals surface area contributed by atoms with Crippen LogP contribution in [-0.4, -0.2) is 37.2 Å². The highest BCUT2D eigenvalue weighted by Gasteiger charge is 2.26. The molecule has 1 amide bonds. The molecule has 0 saturated carbocycles. The van der Waals surface area contributed by atoms with E-state index in [1.807, 2.05) is 0 Å². The number of thiocarbonyl (C=S) groups is 1. The number of hydrogen-bond acceptors (Lipinski definition) is 7. The molecule has 7 nitrogen and oxygen atoms in total. The molecule has 1 aliphatic rings. The van der Waals surface area contributed by atoms with Crippen LogP contribution in [0.15, 0.2) is 24.3 Å². The second-order valence-electron chi connectivity index (χ2n) is 6.38. The van der Waals surface area contributed by atoms with E-state index in [2.05, 4.69) is 15.4 Å². The van der Waals surface area contributed by atoms with Crippen molar-refractivity contribution in [1.29, 1.82) is 0 Å². The lowest BCUT2D eigenvalue weighted by molar-refractivity contribution is 0.0592. The maximum Gasteiger partial charge on any atom is 0.341 e. The van der Waals surface area contributed by atoms with Crippen molar-refractivity contribution in [1.82, 2.24) is 5.32 Å². The number of esters is 2. The zero-order chi connectivity index (χ0) is 21.0. The maximum atomic E-state index is 12.4. The van der Waals surface area contributed by atoms with Crippen LogP contribution in [0.5, 0.6) is 0 Å². The number of rotatable bonds is 4. The van der Waals surface area contributed by atoms with E-state index >= 15 is 0 Å². The average molecular weight is 433 g/mol. The second-order valence-corrected chi connectivity index (χ2v) is 7.90. The highest BCUT2D eigenvalue weighted by Crippen LogP contribution is 2.38. The fourth-order valence-corrected chi connectivity index (χ4v) is 4.70. The van der Waals surface area contributed by atoms with Crippen LogP contribution in [-0.2, 0) is 22.3 Å². The molecule has 1 heterocycles. The Bertz CT molecular complexity index is 966. The summed E-state index contributed by atoms with van der Waals surface area (Å²) in [5.41, 5.74) is 2.17. The molecule has 0 radical (unpaired) electrons. The molecule has 1 aromatic carbocycles. The quantitative estimate of drug-likeness (QED) is 0.565. The van der Waals surface area contributed by atoms with Crippen molar-refractivity contribution < 1.29 is 23.9 Å². The number of carbonyl (C=O) groups excluding carboxylic acids is 3. The Balaban J connectivity index is 1.72. The average Bonchev–Trinajstić information content (AvgIpc) is 3.10. The zero-order valence-corrected chi connectivity index (χ0v) is 17.6. The molecule has 0 aliphatic heterocycles. The van der Waals surface area contributed by atoms with Gasteiger partial charge in [-0.2, -0.15) is 0 Å². The predicted molar refractivity (Wildman–Crippen MR) is 114 cm³/mol. The number of thiophene rings is 1. The number of amides is 1. The van der Waals surface area contributed by atoms with E-state index in [0.717, 1.165) is 36.1 Å². The number of aryl methyl sites for hydroxylation is 1. The molecule has 0 atom stereocenters. The first-order chi connectivity index (χ1) is 13.9. The summed E-state index contributed by atoms with van der Waals surface area (Å²) in [5, 5.41) is 6.22. The van der Waals surface area contributed by atoms with Gasteiger partial charge in [0, 0.05) is 10.4 Å². The van der Waals surface area contributed by atoms with Gasteiger partial charge in [-0.15, -0.1) is 11.3 Å². The van der Waals surface area contributed by atoms with Crippen LogP contribution in [0.4, 0.5) is 5.00 Å². The minimum Gasteiger partial charge on any atom is -0.465 e. The van der Waals surface area contributed by atoms with Gasteiger partial charge in [0.05, 0.1) is 25.3 Å². The highest BCUT2D eigenvalue weighted by atomic mass is 32.1. The molecule has 29 heavy (non-hydrogen) atoms. The van der Waals surface area contributed by atoms with E-state index in [-0.39, 0.29) is 5.11 Å². The Kier molecular flexibility index (Phi) is 6.60. The largest absolute Gasteiger partial charge is 0.465 e. The van der Waals surface area contributed by atoms with Gasteiger partial charge in [-0.25, -0.2) is 9.59 Å². The zero-order valence-electron chi connectivity index (χ0n) is 16.0. The molecule has 0 fully saturated rings. The van der Waals surface area contributed by atoms with Crippen LogP contribution < -0.4 is 10.6 Å². The fraction of sp³-hybridized carbons (Fsp3) is 0.300. The number of ether oxygens (including phenoxy) is 2. The molecule has 2 N–H and O–H groups in total. The Morgan fingerprint density at radius 2 is 1.59 bits per heavy atom. The van der Waals surface area contributed by atoms with Gasteiger partial charge in [0.25, 0.3) is 5.91 Å². The first-order valence-corrected chi connectivity index (χ1v) is 10.2. The monoisotopic (exact) mass is 432 g/mol. The molecule has 152 valence electrons. The Hall–Kier alpha value is -2.78. The molecule has 9 heteroatoms. The fourth-order valence-electron chi connectivity index (χ4n) is 3.16. The van der Waals surface area contributed by atoms with Gasteiger partial charge < -0.3 is 14.8 Å². The van der Waals surface area contributed by atoms with E-state index in [4.69, 9.17) is 17.0 Å². The van der Waals surface area contributed by atoms with Crippen LogP contribution in [0.1, 0.15) is 54.4 Å². The van der Waals surface area contributed by atoms with E-state index in [9.17, 15) is 14.4 Å². The predicted octanol–water partition coefficient (Wildman–Crippen LogP) is 3.33. The van der Waals surface area contributed by atoms with Gasteiger partial charge in [-0.05, 0) is 67.7 Å². The smallest absolute Gasteiger partial charge is 0.341 e. The van der Waals surface area contributed by atoms with Crippen molar-refractivity contribution in [2.24, 2.45) is 0 Å². The van der Waals surface area contributed by atoms with E-state index in [1.54, 1.807) is 0 Å². The lowest BCUT2D eigenvalue weighted by atomic mass is 9.95. The molecule has 0 spiro atoms. The lowest BCUT2D eigenvalue weighted by Crippen LogP contribution is -2.34. The summed E-state index contributed by atoms with van der Waals surface area (Å²) in [5.74, 6) is -1.33. The molecule has 0 unspecified atom stereocenters. The van der Waals surface area contributed by atoms with Gasteiger partial charge >= 0.3 is 11.9 Å². The normalized spacial score (nSPS) is 12.5. The van der Waals surface area contributed by atoms with Crippen molar-refractivity contribution in [3.8, 4) is 0 Å². The Morgan fingerprint density at radius 1 is 0.966 bits per heavy atom. The summed E-state index contributed by atoms with van der Waals surface area (Å²) in [6.45, 7) is 0. The molecular formula is C20H20N2O5S2. The molecule has 3 rings (SSSR count). The number of benzene rings is 1. The highest BCUT2D eigenvalue weighted by molar-refractivity contribution is 7.80. The third-order valence-corrected chi connectivity index (χ3v) is 5.99. The SMILES string of the molecule is COC(=O)c1ccc(C(=O)NC(=S)Nc2sc3c(c2C(=O)OC)CCCC3)cc1. The standard InChI is InChI=1S/C20H20N2O5S2/c1-26-18(24)12-9-7-11(8-10-12)16(23)21-20(28)22-17-15(19(25)27-2)13-5-3-4-6-14(13)29-17/h7-10H,3-6H2,1-2H3,(H2,21,22,23,28). The van der Waals surface area contributed by atoms with E-state index in [1.165, 1.54) is 49.8 Å². The minimum absolute atomic E-state index is 0.0794. The molecule has 1 aromatic heterocycles. The van der Waals surface area contributed by atoms with Crippen molar-refractivity contribution >= 4 is 51.5 Å².